The van der Waals surface area contributed by atoms with Crippen molar-refractivity contribution in [3.05, 3.63) is 0 Å². The van der Waals surface area contributed by atoms with Crippen LogP contribution in [0.25, 0.3) is 0 Å². The summed E-state index contributed by atoms with van der Waals surface area (Å²) < 4.78 is 9.59. The Bertz CT molecular complexity index is 110. The Kier molecular flexibility index (Phi) is 2.80. The molecule has 0 spiro atoms. The van der Waals surface area contributed by atoms with E-state index >= 15 is 0 Å². The Hall–Kier alpha value is -0.200. The molecule has 1 aliphatic heterocycles. The first-order valence-electron chi connectivity index (χ1n) is 3.36. The van der Waals surface area contributed by atoms with Crippen LogP contribution in [0.15, 0.2) is 0 Å². The van der Waals surface area contributed by atoms with E-state index in [0.29, 0.717) is 0 Å². The third-order valence-electron chi connectivity index (χ3n) is 1.73. The van der Waals surface area contributed by atoms with E-state index in [2.05, 4.69) is 4.74 Å². The molecular weight excluding hydrogens is 153 g/mol. The number of hydrogen-bond donors (Lipinski definition) is 3. The summed E-state index contributed by atoms with van der Waals surface area (Å²) in [7, 11) is 1.36. The number of methoxy groups -OCH3 is 1. The summed E-state index contributed by atoms with van der Waals surface area (Å²) in [4.78, 5) is 0. The maximum absolute atomic E-state index is 9.15. The summed E-state index contributed by atoms with van der Waals surface area (Å²) >= 11 is 0. The number of hydrogen-bond acceptors (Lipinski definition) is 5. The summed E-state index contributed by atoms with van der Waals surface area (Å²) in [6, 6.07) is 0. The van der Waals surface area contributed by atoms with Crippen molar-refractivity contribution in [1.29, 1.82) is 0 Å². The summed E-state index contributed by atoms with van der Waals surface area (Å²) in [6.07, 6.45) is -3.71. The molecule has 66 valence electrons. The number of aliphatic hydroxyl groups excluding tert-OH is 3. The van der Waals surface area contributed by atoms with Gasteiger partial charge >= 0.3 is 0 Å². The monoisotopic (exact) mass is 165 g/mol. The number of aliphatic hydroxyl groups is 3. The van der Waals surface area contributed by atoms with E-state index in [9.17, 15) is 0 Å². The van der Waals surface area contributed by atoms with Crippen LogP contribution in [0.3, 0.4) is 0 Å². The SMILES string of the molecule is CO[13C@H]1O[C@H](CO)[C@@H](O)[C@H]1O. The van der Waals surface area contributed by atoms with Gasteiger partial charge in [-0.15, -0.1) is 0 Å². The molecule has 0 aromatic carbocycles. The molecule has 0 aromatic heterocycles. The van der Waals surface area contributed by atoms with Crippen molar-refractivity contribution < 1.29 is 24.8 Å². The van der Waals surface area contributed by atoms with Gasteiger partial charge in [-0.1, -0.05) is 0 Å². The molecule has 0 amide bonds. The zero-order valence-corrected chi connectivity index (χ0v) is 6.17. The second-order valence-electron chi connectivity index (χ2n) is 2.44. The van der Waals surface area contributed by atoms with Gasteiger partial charge in [0.1, 0.15) is 18.3 Å². The predicted octanol–water partition coefficient (Wildman–Crippen LogP) is -1.93. The number of ether oxygens (including phenoxy) is 2. The zero-order valence-electron chi connectivity index (χ0n) is 6.17. The molecule has 11 heavy (non-hydrogen) atoms. The lowest BCUT2D eigenvalue weighted by molar-refractivity contribution is -0.153. The van der Waals surface area contributed by atoms with Gasteiger partial charge in [-0.05, 0) is 0 Å². The first-order valence-corrected chi connectivity index (χ1v) is 3.36. The summed E-state index contributed by atoms with van der Waals surface area (Å²) in [5.74, 6) is 0. The molecule has 1 rings (SSSR count). The van der Waals surface area contributed by atoms with Crippen molar-refractivity contribution in [2.75, 3.05) is 13.7 Å². The molecular formula is C6H12O5. The Balaban J connectivity index is 2.53. The first-order chi connectivity index (χ1) is 5.20. The molecule has 3 N–H and O–H groups in total. The Morgan fingerprint density at radius 1 is 1.36 bits per heavy atom. The van der Waals surface area contributed by atoms with Crippen molar-refractivity contribution in [2.45, 2.75) is 24.6 Å². The highest BCUT2D eigenvalue weighted by Crippen LogP contribution is 2.20. The van der Waals surface area contributed by atoms with Crippen LogP contribution in [0, 0.1) is 0 Å². The van der Waals surface area contributed by atoms with Crippen LogP contribution in [0.2, 0.25) is 0 Å². The van der Waals surface area contributed by atoms with Gasteiger partial charge in [-0.25, -0.2) is 0 Å². The Morgan fingerprint density at radius 3 is 2.27 bits per heavy atom. The van der Waals surface area contributed by atoms with Gasteiger partial charge in [0.15, 0.2) is 6.29 Å². The quantitative estimate of drug-likeness (QED) is 0.415. The van der Waals surface area contributed by atoms with E-state index in [0.717, 1.165) is 0 Å². The molecule has 1 fully saturated rings. The highest BCUT2D eigenvalue weighted by molar-refractivity contribution is 4.85. The molecule has 0 bridgehead atoms. The van der Waals surface area contributed by atoms with Crippen LogP contribution < -0.4 is 0 Å². The van der Waals surface area contributed by atoms with Crippen LogP contribution >= 0.6 is 0 Å². The van der Waals surface area contributed by atoms with Crippen LogP contribution in [0.1, 0.15) is 0 Å². The molecule has 0 aliphatic carbocycles. The lowest BCUT2D eigenvalue weighted by atomic mass is 10.2. The molecule has 0 radical (unpaired) electrons. The molecule has 5 heteroatoms. The maximum Gasteiger partial charge on any atom is 0.186 e. The minimum atomic E-state index is -1.07. The van der Waals surface area contributed by atoms with Gasteiger partial charge in [0, 0.05) is 7.11 Å². The van der Waals surface area contributed by atoms with Crippen molar-refractivity contribution in [1.82, 2.24) is 0 Å². The topological polar surface area (TPSA) is 79.2 Å². The lowest BCUT2D eigenvalue weighted by Gasteiger charge is -2.11. The van der Waals surface area contributed by atoms with E-state index in [1.807, 2.05) is 0 Å². The molecule has 4 atom stereocenters. The van der Waals surface area contributed by atoms with Crippen LogP contribution in [-0.2, 0) is 9.47 Å². The van der Waals surface area contributed by atoms with E-state index < -0.39 is 24.6 Å². The highest BCUT2D eigenvalue weighted by Gasteiger charge is 2.42. The Labute approximate surface area is 64.2 Å². The fourth-order valence-corrected chi connectivity index (χ4v) is 1.06. The second kappa shape index (κ2) is 3.46. The number of rotatable bonds is 2. The van der Waals surface area contributed by atoms with Crippen molar-refractivity contribution in [3.8, 4) is 0 Å². The van der Waals surface area contributed by atoms with Gasteiger partial charge in [0.2, 0.25) is 0 Å². The second-order valence-corrected chi connectivity index (χ2v) is 2.44. The molecule has 0 saturated carbocycles. The first kappa shape index (κ1) is 8.89. The van der Waals surface area contributed by atoms with Gasteiger partial charge in [0.25, 0.3) is 0 Å². The molecule has 0 unspecified atom stereocenters. The van der Waals surface area contributed by atoms with E-state index in [4.69, 9.17) is 20.1 Å². The average Bonchev–Trinajstić information content (AvgIpc) is 2.30. The molecule has 0 aromatic rings. The van der Waals surface area contributed by atoms with Gasteiger partial charge in [0.05, 0.1) is 6.61 Å². The van der Waals surface area contributed by atoms with E-state index in [-0.39, 0.29) is 6.61 Å². The summed E-state index contributed by atoms with van der Waals surface area (Å²) in [5, 5.41) is 26.9. The van der Waals surface area contributed by atoms with E-state index in [1.165, 1.54) is 7.11 Å². The molecule has 5 nitrogen and oxygen atoms in total. The zero-order chi connectivity index (χ0) is 8.43. The Morgan fingerprint density at radius 2 is 2.00 bits per heavy atom. The largest absolute Gasteiger partial charge is 0.394 e. The van der Waals surface area contributed by atoms with E-state index in [1.54, 1.807) is 0 Å². The van der Waals surface area contributed by atoms with Gasteiger partial charge in [-0.3, -0.25) is 0 Å². The smallest absolute Gasteiger partial charge is 0.186 e. The third kappa shape index (κ3) is 1.52. The minimum absolute atomic E-state index is 0.321. The van der Waals surface area contributed by atoms with Crippen molar-refractivity contribution >= 4 is 0 Å². The van der Waals surface area contributed by atoms with Gasteiger partial charge < -0.3 is 24.8 Å². The minimum Gasteiger partial charge on any atom is -0.394 e. The average molecular weight is 165 g/mol. The van der Waals surface area contributed by atoms with Crippen LogP contribution in [0.5, 0.6) is 0 Å². The van der Waals surface area contributed by atoms with Crippen molar-refractivity contribution in [3.63, 3.8) is 0 Å². The highest BCUT2D eigenvalue weighted by atomic mass is 16.8. The summed E-state index contributed by atoms with van der Waals surface area (Å²) in [5.41, 5.74) is 0. The fourth-order valence-electron chi connectivity index (χ4n) is 1.06. The molecule has 1 saturated heterocycles. The fraction of sp³-hybridized carbons (Fsp3) is 1.00. The standard InChI is InChI=1S/C6H12O5/c1-10-6-5(9)4(8)3(2-7)11-6/h3-9H,2H2,1H3/t3-,4-,5-,6+/m1/s1/i6+1. The lowest BCUT2D eigenvalue weighted by Crippen LogP contribution is -2.34. The van der Waals surface area contributed by atoms with Crippen LogP contribution in [0.4, 0.5) is 0 Å². The van der Waals surface area contributed by atoms with Crippen LogP contribution in [-0.4, -0.2) is 53.6 Å². The maximum atomic E-state index is 9.15. The third-order valence-corrected chi connectivity index (χ3v) is 1.73. The normalized spacial score (nSPS) is 44.7. The molecule has 1 heterocycles. The predicted molar refractivity (Wildman–Crippen MR) is 34.8 cm³/mol. The molecule has 1 aliphatic rings. The summed E-state index contributed by atoms with van der Waals surface area (Å²) in [6.45, 7) is -0.321. The van der Waals surface area contributed by atoms with Crippen molar-refractivity contribution in [2.24, 2.45) is 0 Å². The van der Waals surface area contributed by atoms with Gasteiger partial charge in [-0.2, -0.15) is 0 Å².